The van der Waals surface area contributed by atoms with Crippen LogP contribution in [-0.2, 0) is 6.18 Å². The third-order valence-corrected chi connectivity index (χ3v) is 3.62. The minimum Gasteiger partial charge on any atom is -0.191 e. The van der Waals surface area contributed by atoms with Crippen LogP contribution in [0.2, 0.25) is 5.02 Å². The van der Waals surface area contributed by atoms with Crippen molar-refractivity contribution in [3.63, 3.8) is 0 Å². The highest BCUT2D eigenvalue weighted by atomic mass is 35.5. The Balaban J connectivity index is 2.70. The van der Waals surface area contributed by atoms with Gasteiger partial charge >= 0.3 is 6.18 Å². The first-order chi connectivity index (χ1) is 7.43. The van der Waals surface area contributed by atoms with Crippen LogP contribution in [0.25, 0.3) is 10.1 Å². The summed E-state index contributed by atoms with van der Waals surface area (Å²) in [6.45, 7) is 0. The molecule has 1 heterocycles. The van der Waals surface area contributed by atoms with E-state index in [1.807, 2.05) is 6.07 Å². The lowest BCUT2D eigenvalue weighted by atomic mass is 10.1. The fourth-order valence-corrected chi connectivity index (χ4v) is 2.62. The Bertz CT molecular complexity index is 594. The number of nitrogens with zero attached hydrogens (tertiary/aromatic N) is 1. The number of hydrogen-bond acceptors (Lipinski definition) is 2. The van der Waals surface area contributed by atoms with Gasteiger partial charge in [-0.15, -0.1) is 11.3 Å². The maximum atomic E-state index is 12.4. The van der Waals surface area contributed by atoms with E-state index in [1.165, 1.54) is 6.07 Å². The molecule has 0 radical (unpaired) electrons. The van der Waals surface area contributed by atoms with Crippen LogP contribution in [0.4, 0.5) is 13.2 Å². The summed E-state index contributed by atoms with van der Waals surface area (Å²) in [4.78, 5) is 0.232. The summed E-state index contributed by atoms with van der Waals surface area (Å²) in [7, 11) is 0. The number of fused-ring (bicyclic) bond motifs is 1. The summed E-state index contributed by atoms with van der Waals surface area (Å²) in [6.07, 6.45) is -4.38. The lowest BCUT2D eigenvalue weighted by Gasteiger charge is -2.05. The van der Waals surface area contributed by atoms with E-state index in [2.05, 4.69) is 0 Å². The summed E-state index contributed by atoms with van der Waals surface area (Å²) in [5.74, 6) is 0. The average molecular weight is 262 g/mol. The smallest absolute Gasteiger partial charge is 0.191 e. The molecule has 6 heteroatoms. The molecule has 1 aromatic carbocycles. The normalized spacial score (nSPS) is 11.7. The van der Waals surface area contributed by atoms with Crippen LogP contribution in [0.1, 0.15) is 10.4 Å². The number of hydrogen-bond donors (Lipinski definition) is 0. The minimum atomic E-state index is -4.38. The molecule has 2 aromatic rings. The Morgan fingerprint density at radius 1 is 1.31 bits per heavy atom. The molecule has 0 aliphatic rings. The molecule has 0 saturated heterocycles. The van der Waals surface area contributed by atoms with Gasteiger partial charge in [0.05, 0.1) is 10.6 Å². The lowest BCUT2D eigenvalue weighted by molar-refractivity contribution is -0.137. The van der Waals surface area contributed by atoms with Crippen LogP contribution < -0.4 is 0 Å². The molecule has 0 amide bonds. The van der Waals surface area contributed by atoms with Gasteiger partial charge in [-0.1, -0.05) is 17.7 Å². The molecule has 0 saturated carbocycles. The van der Waals surface area contributed by atoms with Crippen molar-refractivity contribution in [3.05, 3.63) is 33.7 Å². The molecule has 82 valence electrons. The van der Waals surface area contributed by atoms with Gasteiger partial charge in [0.2, 0.25) is 0 Å². The monoisotopic (exact) mass is 261 g/mol. The van der Waals surface area contributed by atoms with E-state index >= 15 is 0 Å². The molecule has 0 spiro atoms. The first kappa shape index (κ1) is 11.2. The van der Waals surface area contributed by atoms with Crippen LogP contribution in [-0.4, -0.2) is 0 Å². The molecular weight excluding hydrogens is 259 g/mol. The SMILES string of the molecule is N#Cc1sc2cc(C(F)(F)F)ccc2c1Cl. The van der Waals surface area contributed by atoms with Crippen molar-refractivity contribution in [3.8, 4) is 6.07 Å². The first-order valence-corrected chi connectivity index (χ1v) is 5.32. The van der Waals surface area contributed by atoms with Crippen molar-refractivity contribution >= 4 is 33.0 Å². The van der Waals surface area contributed by atoms with Gasteiger partial charge in [0.1, 0.15) is 10.9 Å². The molecular formula is C10H3ClF3NS. The van der Waals surface area contributed by atoms with Crippen molar-refractivity contribution in [2.75, 3.05) is 0 Å². The summed E-state index contributed by atoms with van der Waals surface area (Å²) in [6, 6.07) is 5.10. The van der Waals surface area contributed by atoms with E-state index < -0.39 is 11.7 Å². The summed E-state index contributed by atoms with van der Waals surface area (Å²) in [5.41, 5.74) is -0.734. The zero-order valence-corrected chi connectivity index (χ0v) is 9.17. The van der Waals surface area contributed by atoms with E-state index in [0.717, 1.165) is 23.5 Å². The standard InChI is InChI=1S/C10H3ClF3NS/c11-9-6-2-1-5(10(12,13)14)3-7(6)16-8(9)4-15/h1-3H. The number of benzene rings is 1. The van der Waals surface area contributed by atoms with Gasteiger partial charge in [0.15, 0.2) is 0 Å². The highest BCUT2D eigenvalue weighted by molar-refractivity contribution is 7.20. The predicted octanol–water partition coefficient (Wildman–Crippen LogP) is 4.45. The fraction of sp³-hybridized carbons (Fsp3) is 0.100. The fourth-order valence-electron chi connectivity index (χ4n) is 1.31. The van der Waals surface area contributed by atoms with E-state index in [9.17, 15) is 13.2 Å². The number of nitriles is 1. The van der Waals surface area contributed by atoms with Crippen LogP contribution in [0.3, 0.4) is 0 Å². The zero-order chi connectivity index (χ0) is 11.9. The van der Waals surface area contributed by atoms with E-state index in [0.29, 0.717) is 10.1 Å². The summed E-state index contributed by atoms with van der Waals surface area (Å²) >= 11 is 6.79. The molecule has 0 unspecified atom stereocenters. The second kappa shape index (κ2) is 3.65. The molecule has 1 nitrogen and oxygen atoms in total. The third-order valence-electron chi connectivity index (χ3n) is 2.06. The van der Waals surface area contributed by atoms with Gasteiger partial charge in [-0.25, -0.2) is 0 Å². The van der Waals surface area contributed by atoms with Crippen molar-refractivity contribution < 1.29 is 13.2 Å². The van der Waals surface area contributed by atoms with Gasteiger partial charge in [0, 0.05) is 10.1 Å². The van der Waals surface area contributed by atoms with E-state index in [4.69, 9.17) is 16.9 Å². The minimum absolute atomic E-state index is 0.219. The Morgan fingerprint density at radius 2 is 2.00 bits per heavy atom. The highest BCUT2D eigenvalue weighted by Crippen LogP contribution is 2.38. The van der Waals surface area contributed by atoms with E-state index in [-0.39, 0.29) is 9.90 Å². The largest absolute Gasteiger partial charge is 0.416 e. The average Bonchev–Trinajstić information content (AvgIpc) is 2.54. The van der Waals surface area contributed by atoms with Gasteiger partial charge < -0.3 is 0 Å². The second-order valence-electron chi connectivity index (χ2n) is 3.07. The Labute approximate surface area is 97.7 Å². The molecule has 0 fully saturated rings. The molecule has 1 aromatic heterocycles. The quantitative estimate of drug-likeness (QED) is 0.687. The number of alkyl halides is 3. The molecule has 0 N–H and O–H groups in total. The molecule has 16 heavy (non-hydrogen) atoms. The van der Waals surface area contributed by atoms with Crippen LogP contribution in [0.15, 0.2) is 18.2 Å². The third kappa shape index (κ3) is 1.75. The number of thiophene rings is 1. The molecule has 0 aliphatic heterocycles. The molecule has 2 rings (SSSR count). The van der Waals surface area contributed by atoms with Gasteiger partial charge in [-0.05, 0) is 12.1 Å². The topological polar surface area (TPSA) is 23.8 Å². The van der Waals surface area contributed by atoms with Gasteiger partial charge in [-0.3, -0.25) is 0 Å². The second-order valence-corrected chi connectivity index (χ2v) is 4.50. The van der Waals surface area contributed by atoms with Crippen LogP contribution in [0, 0.1) is 11.3 Å². The number of halogens is 4. The Hall–Kier alpha value is -1.25. The van der Waals surface area contributed by atoms with Crippen molar-refractivity contribution in [1.29, 1.82) is 5.26 Å². The van der Waals surface area contributed by atoms with Crippen molar-refractivity contribution in [2.45, 2.75) is 6.18 Å². The first-order valence-electron chi connectivity index (χ1n) is 4.13. The Kier molecular flexibility index (Phi) is 2.56. The zero-order valence-electron chi connectivity index (χ0n) is 7.60. The van der Waals surface area contributed by atoms with Gasteiger partial charge in [-0.2, -0.15) is 18.4 Å². The van der Waals surface area contributed by atoms with Crippen LogP contribution >= 0.6 is 22.9 Å². The maximum Gasteiger partial charge on any atom is 0.416 e. The summed E-state index contributed by atoms with van der Waals surface area (Å²) in [5, 5.41) is 9.40. The molecule has 0 bridgehead atoms. The van der Waals surface area contributed by atoms with Crippen LogP contribution in [0.5, 0.6) is 0 Å². The maximum absolute atomic E-state index is 12.4. The van der Waals surface area contributed by atoms with Crippen molar-refractivity contribution in [1.82, 2.24) is 0 Å². The van der Waals surface area contributed by atoms with E-state index in [1.54, 1.807) is 0 Å². The Morgan fingerprint density at radius 3 is 2.56 bits per heavy atom. The predicted molar refractivity (Wildman–Crippen MR) is 56.6 cm³/mol. The lowest BCUT2D eigenvalue weighted by Crippen LogP contribution is -2.03. The van der Waals surface area contributed by atoms with Crippen molar-refractivity contribution in [2.24, 2.45) is 0 Å². The molecule has 0 atom stereocenters. The summed E-state index contributed by atoms with van der Waals surface area (Å²) < 4.78 is 37.6. The highest BCUT2D eigenvalue weighted by Gasteiger charge is 2.30. The number of rotatable bonds is 0. The molecule has 0 aliphatic carbocycles. The van der Waals surface area contributed by atoms with Gasteiger partial charge in [0.25, 0.3) is 0 Å².